The zero-order valence-electron chi connectivity index (χ0n) is 12.4. The van der Waals surface area contributed by atoms with E-state index in [1.807, 2.05) is 19.1 Å². The fourth-order valence-corrected chi connectivity index (χ4v) is 1.92. The van der Waals surface area contributed by atoms with Gasteiger partial charge in [0.05, 0.1) is 18.8 Å². The van der Waals surface area contributed by atoms with E-state index in [-0.39, 0.29) is 11.9 Å². The monoisotopic (exact) mass is 278 g/mol. The van der Waals surface area contributed by atoms with E-state index in [2.05, 4.69) is 0 Å². The molecule has 0 aliphatic carbocycles. The molecule has 0 spiro atoms. The van der Waals surface area contributed by atoms with Crippen molar-refractivity contribution in [1.29, 1.82) is 0 Å². The van der Waals surface area contributed by atoms with E-state index < -0.39 is 0 Å². The molecule has 0 aliphatic heterocycles. The van der Waals surface area contributed by atoms with Gasteiger partial charge in [-0.1, -0.05) is 13.0 Å². The van der Waals surface area contributed by atoms with Gasteiger partial charge in [-0.15, -0.1) is 0 Å². The molecule has 0 bridgehead atoms. The van der Waals surface area contributed by atoms with Gasteiger partial charge >= 0.3 is 11.9 Å². The van der Waals surface area contributed by atoms with E-state index in [4.69, 9.17) is 9.47 Å². The maximum atomic E-state index is 11.8. The van der Waals surface area contributed by atoms with Crippen LogP contribution in [0.15, 0.2) is 18.2 Å². The molecular weight excluding hydrogens is 256 g/mol. The Morgan fingerprint density at radius 1 is 0.950 bits per heavy atom. The second-order valence-electron chi connectivity index (χ2n) is 4.42. The van der Waals surface area contributed by atoms with Crippen molar-refractivity contribution in [3.63, 3.8) is 0 Å². The largest absolute Gasteiger partial charge is 0.466 e. The van der Waals surface area contributed by atoms with E-state index in [1.165, 1.54) is 0 Å². The van der Waals surface area contributed by atoms with Crippen LogP contribution in [-0.2, 0) is 27.1 Å². The Balaban J connectivity index is 2.82. The molecule has 0 atom stereocenters. The highest BCUT2D eigenvalue weighted by atomic mass is 16.5. The maximum Gasteiger partial charge on any atom is 0.338 e. The smallest absolute Gasteiger partial charge is 0.338 e. The molecule has 4 heteroatoms. The van der Waals surface area contributed by atoms with Crippen LogP contribution in [0.5, 0.6) is 0 Å². The lowest BCUT2D eigenvalue weighted by Gasteiger charge is -2.08. The lowest BCUT2D eigenvalue weighted by atomic mass is 10.0. The molecule has 0 heterocycles. The van der Waals surface area contributed by atoms with Crippen molar-refractivity contribution in [2.75, 3.05) is 13.2 Å². The van der Waals surface area contributed by atoms with Gasteiger partial charge in [0.25, 0.3) is 0 Å². The summed E-state index contributed by atoms with van der Waals surface area (Å²) in [6, 6.07) is 5.64. The maximum absolute atomic E-state index is 11.8. The number of carbonyl (C=O) groups is 2. The van der Waals surface area contributed by atoms with E-state index >= 15 is 0 Å². The normalized spacial score (nSPS) is 10.2. The Hall–Kier alpha value is -1.84. The van der Waals surface area contributed by atoms with Crippen LogP contribution >= 0.6 is 0 Å². The average molecular weight is 278 g/mol. The van der Waals surface area contributed by atoms with Crippen LogP contribution in [0.3, 0.4) is 0 Å². The van der Waals surface area contributed by atoms with Crippen LogP contribution in [0.4, 0.5) is 0 Å². The van der Waals surface area contributed by atoms with Crippen molar-refractivity contribution in [1.82, 2.24) is 0 Å². The summed E-state index contributed by atoms with van der Waals surface area (Å²) < 4.78 is 9.92. The summed E-state index contributed by atoms with van der Waals surface area (Å²) in [4.78, 5) is 23.2. The second kappa shape index (κ2) is 8.35. The molecule has 0 unspecified atom stereocenters. The summed E-state index contributed by atoms with van der Waals surface area (Å²) in [5.74, 6) is -0.535. The van der Waals surface area contributed by atoms with E-state index in [9.17, 15) is 9.59 Å². The summed E-state index contributed by atoms with van der Waals surface area (Å²) in [6.07, 6.45) is 1.72. The van der Waals surface area contributed by atoms with Gasteiger partial charge in [-0.2, -0.15) is 0 Å². The quantitative estimate of drug-likeness (QED) is 0.720. The first kappa shape index (κ1) is 16.2. The number of aryl methyl sites for hydroxylation is 2. The molecule has 1 rings (SSSR count). The third-order valence-electron chi connectivity index (χ3n) is 2.90. The molecule has 4 nitrogen and oxygen atoms in total. The van der Waals surface area contributed by atoms with Crippen molar-refractivity contribution in [2.24, 2.45) is 0 Å². The Kier molecular flexibility index (Phi) is 6.77. The fraction of sp³-hybridized carbons (Fsp3) is 0.500. The van der Waals surface area contributed by atoms with Gasteiger partial charge in [-0.25, -0.2) is 4.79 Å². The van der Waals surface area contributed by atoms with Crippen LogP contribution in [0.25, 0.3) is 0 Å². The molecule has 1 aromatic rings. The molecule has 1 aromatic carbocycles. The van der Waals surface area contributed by atoms with Crippen LogP contribution < -0.4 is 0 Å². The topological polar surface area (TPSA) is 52.6 Å². The van der Waals surface area contributed by atoms with Gasteiger partial charge in [0.15, 0.2) is 0 Å². The number of carbonyl (C=O) groups excluding carboxylic acids is 2. The Morgan fingerprint density at radius 3 is 2.20 bits per heavy atom. The Labute approximate surface area is 120 Å². The summed E-state index contributed by atoms with van der Waals surface area (Å²) in [7, 11) is 0. The number of hydrogen-bond acceptors (Lipinski definition) is 4. The number of benzene rings is 1. The third-order valence-corrected chi connectivity index (χ3v) is 2.90. The summed E-state index contributed by atoms with van der Waals surface area (Å²) >= 11 is 0. The predicted molar refractivity (Wildman–Crippen MR) is 76.7 cm³/mol. The van der Waals surface area contributed by atoms with E-state index in [0.717, 1.165) is 17.5 Å². The first-order valence-corrected chi connectivity index (χ1v) is 7.06. The highest BCUT2D eigenvalue weighted by Crippen LogP contribution is 2.14. The highest BCUT2D eigenvalue weighted by molar-refractivity contribution is 5.89. The fourth-order valence-electron chi connectivity index (χ4n) is 1.92. The van der Waals surface area contributed by atoms with Gasteiger partial charge in [-0.05, 0) is 49.9 Å². The standard InChI is InChI=1S/C16H22O4/c1-4-12-9-13(7-8-15(17)19-5-2)11-14(10-12)16(18)20-6-3/h9-11H,4-8H2,1-3H3. The molecule has 0 aliphatic rings. The molecule has 20 heavy (non-hydrogen) atoms. The van der Waals surface area contributed by atoms with Gasteiger partial charge in [-0.3, -0.25) is 4.79 Å². The summed E-state index contributed by atoms with van der Waals surface area (Å²) in [5.41, 5.74) is 2.57. The minimum Gasteiger partial charge on any atom is -0.466 e. The number of hydrogen-bond donors (Lipinski definition) is 0. The first-order chi connectivity index (χ1) is 9.60. The Morgan fingerprint density at radius 2 is 1.60 bits per heavy atom. The lowest BCUT2D eigenvalue weighted by molar-refractivity contribution is -0.143. The van der Waals surface area contributed by atoms with E-state index in [0.29, 0.717) is 31.6 Å². The Bertz CT molecular complexity index is 466. The molecule has 0 aromatic heterocycles. The SMILES string of the molecule is CCOC(=O)CCc1cc(CC)cc(C(=O)OCC)c1. The molecule has 0 radical (unpaired) electrons. The molecule has 0 saturated carbocycles. The van der Waals surface area contributed by atoms with Crippen molar-refractivity contribution in [3.8, 4) is 0 Å². The van der Waals surface area contributed by atoms with Crippen molar-refractivity contribution < 1.29 is 19.1 Å². The summed E-state index contributed by atoms with van der Waals surface area (Å²) in [6.45, 7) is 6.34. The molecule has 0 N–H and O–H groups in total. The average Bonchev–Trinajstić information content (AvgIpc) is 2.45. The van der Waals surface area contributed by atoms with Crippen LogP contribution in [0.1, 0.15) is 48.7 Å². The van der Waals surface area contributed by atoms with E-state index in [1.54, 1.807) is 19.9 Å². The number of rotatable bonds is 7. The molecule has 0 fully saturated rings. The van der Waals surface area contributed by atoms with Gasteiger partial charge in [0.2, 0.25) is 0 Å². The van der Waals surface area contributed by atoms with Crippen molar-refractivity contribution in [2.45, 2.75) is 40.0 Å². The lowest BCUT2D eigenvalue weighted by Crippen LogP contribution is -2.08. The number of ether oxygens (including phenoxy) is 2. The van der Waals surface area contributed by atoms with Crippen LogP contribution in [-0.4, -0.2) is 25.2 Å². The molecule has 0 saturated heterocycles. The van der Waals surface area contributed by atoms with Crippen LogP contribution in [0, 0.1) is 0 Å². The van der Waals surface area contributed by atoms with Crippen molar-refractivity contribution in [3.05, 3.63) is 34.9 Å². The molecule has 0 amide bonds. The minimum atomic E-state index is -0.319. The zero-order valence-corrected chi connectivity index (χ0v) is 12.4. The third kappa shape index (κ3) is 5.03. The molecule has 110 valence electrons. The predicted octanol–water partition coefficient (Wildman–Crippen LogP) is 2.92. The van der Waals surface area contributed by atoms with Crippen molar-refractivity contribution >= 4 is 11.9 Å². The highest BCUT2D eigenvalue weighted by Gasteiger charge is 2.10. The van der Waals surface area contributed by atoms with Gasteiger partial charge < -0.3 is 9.47 Å². The van der Waals surface area contributed by atoms with Gasteiger partial charge in [0, 0.05) is 6.42 Å². The second-order valence-corrected chi connectivity index (χ2v) is 4.42. The zero-order chi connectivity index (χ0) is 15.0. The number of esters is 2. The minimum absolute atomic E-state index is 0.216. The first-order valence-electron chi connectivity index (χ1n) is 7.06. The van der Waals surface area contributed by atoms with Gasteiger partial charge in [0.1, 0.15) is 0 Å². The summed E-state index contributed by atoms with van der Waals surface area (Å²) in [5, 5.41) is 0. The van der Waals surface area contributed by atoms with Crippen LogP contribution in [0.2, 0.25) is 0 Å². The molecular formula is C16H22O4.